The molecule has 2 aromatic rings. The lowest BCUT2D eigenvalue weighted by Crippen LogP contribution is -2.52. The molecule has 0 spiro atoms. The summed E-state index contributed by atoms with van der Waals surface area (Å²) in [5.74, 6) is -0.194. The molecule has 0 unspecified atom stereocenters. The standard InChI is InChI=1S/C20H27N5O3/c1-4-23(5-2)18(26)14-22-8-10-24(11-9-22)19(27)16-12-21-17-7-6-15(3)13-25(17)20(16)28/h6-7,12-13H,4-5,8-11,14H2,1-3H3. The minimum Gasteiger partial charge on any atom is -0.342 e. The van der Waals surface area contributed by atoms with Crippen molar-refractivity contribution in [2.24, 2.45) is 0 Å². The van der Waals surface area contributed by atoms with E-state index in [0.717, 1.165) is 5.56 Å². The van der Waals surface area contributed by atoms with Crippen molar-refractivity contribution in [3.05, 3.63) is 46.0 Å². The van der Waals surface area contributed by atoms with Crippen LogP contribution in [-0.4, -0.2) is 81.7 Å². The Hall–Kier alpha value is -2.74. The van der Waals surface area contributed by atoms with Gasteiger partial charge in [0.1, 0.15) is 11.2 Å². The lowest BCUT2D eigenvalue weighted by Gasteiger charge is -2.35. The van der Waals surface area contributed by atoms with E-state index in [1.807, 2.05) is 26.8 Å². The average molecular weight is 385 g/mol. The maximum atomic E-state index is 12.9. The molecule has 1 fully saturated rings. The van der Waals surface area contributed by atoms with E-state index in [1.54, 1.807) is 22.1 Å². The molecular formula is C20H27N5O3. The van der Waals surface area contributed by atoms with Gasteiger partial charge in [-0.05, 0) is 32.4 Å². The number of hydrogen-bond donors (Lipinski definition) is 0. The number of aryl methyl sites for hydroxylation is 1. The van der Waals surface area contributed by atoms with Crippen LogP contribution in [0.5, 0.6) is 0 Å². The first-order valence-electron chi connectivity index (χ1n) is 9.72. The van der Waals surface area contributed by atoms with Crippen LogP contribution in [0.1, 0.15) is 29.8 Å². The molecule has 2 aromatic heterocycles. The van der Waals surface area contributed by atoms with Crippen LogP contribution in [-0.2, 0) is 4.79 Å². The number of hydrogen-bond acceptors (Lipinski definition) is 5. The van der Waals surface area contributed by atoms with Crippen LogP contribution in [0.25, 0.3) is 5.65 Å². The van der Waals surface area contributed by atoms with Crippen molar-refractivity contribution in [1.82, 2.24) is 24.1 Å². The summed E-state index contributed by atoms with van der Waals surface area (Å²) in [6.45, 7) is 9.78. The fraction of sp³-hybridized carbons (Fsp3) is 0.500. The first-order chi connectivity index (χ1) is 13.4. The normalized spacial score (nSPS) is 15.0. The zero-order valence-corrected chi connectivity index (χ0v) is 16.7. The van der Waals surface area contributed by atoms with Gasteiger partial charge in [0.2, 0.25) is 5.91 Å². The number of carbonyl (C=O) groups is 2. The molecule has 0 bridgehead atoms. The Morgan fingerprint density at radius 2 is 1.79 bits per heavy atom. The Kier molecular flexibility index (Phi) is 6.08. The SMILES string of the molecule is CCN(CC)C(=O)CN1CCN(C(=O)c2cnc3ccc(C)cn3c2=O)CC1. The maximum Gasteiger partial charge on any atom is 0.270 e. The van der Waals surface area contributed by atoms with Crippen molar-refractivity contribution >= 4 is 17.5 Å². The Morgan fingerprint density at radius 3 is 2.43 bits per heavy atom. The molecule has 8 heteroatoms. The largest absolute Gasteiger partial charge is 0.342 e. The van der Waals surface area contributed by atoms with E-state index < -0.39 is 0 Å². The smallest absolute Gasteiger partial charge is 0.270 e. The molecule has 0 radical (unpaired) electrons. The van der Waals surface area contributed by atoms with Crippen molar-refractivity contribution in [2.45, 2.75) is 20.8 Å². The van der Waals surface area contributed by atoms with E-state index in [0.29, 0.717) is 51.5 Å². The summed E-state index contributed by atoms with van der Waals surface area (Å²) in [6.07, 6.45) is 3.06. The number of amides is 2. The molecule has 28 heavy (non-hydrogen) atoms. The second-order valence-corrected chi connectivity index (χ2v) is 7.05. The molecule has 2 amide bonds. The summed E-state index contributed by atoms with van der Waals surface area (Å²) in [7, 11) is 0. The third-order valence-corrected chi connectivity index (χ3v) is 5.21. The lowest BCUT2D eigenvalue weighted by atomic mass is 10.2. The van der Waals surface area contributed by atoms with E-state index >= 15 is 0 Å². The van der Waals surface area contributed by atoms with E-state index in [4.69, 9.17) is 0 Å². The van der Waals surface area contributed by atoms with Crippen molar-refractivity contribution in [3.8, 4) is 0 Å². The minimum absolute atomic E-state index is 0.0794. The van der Waals surface area contributed by atoms with Crippen molar-refractivity contribution < 1.29 is 9.59 Å². The molecule has 0 atom stereocenters. The van der Waals surface area contributed by atoms with Gasteiger partial charge in [0, 0.05) is 51.7 Å². The zero-order valence-electron chi connectivity index (χ0n) is 16.7. The number of likely N-dealkylation sites (N-methyl/N-ethyl adjacent to an activating group) is 1. The second kappa shape index (κ2) is 8.52. The molecule has 150 valence electrons. The predicted molar refractivity (Wildman–Crippen MR) is 106 cm³/mol. The van der Waals surface area contributed by atoms with Gasteiger partial charge in [-0.1, -0.05) is 6.07 Å². The van der Waals surface area contributed by atoms with Crippen LogP contribution in [0.4, 0.5) is 0 Å². The summed E-state index contributed by atoms with van der Waals surface area (Å²) in [5.41, 5.74) is 1.17. The van der Waals surface area contributed by atoms with Crippen LogP contribution in [0.2, 0.25) is 0 Å². The summed E-state index contributed by atoms with van der Waals surface area (Å²) in [4.78, 5) is 47.6. The highest BCUT2D eigenvalue weighted by molar-refractivity contribution is 5.93. The van der Waals surface area contributed by atoms with Crippen molar-refractivity contribution in [1.29, 1.82) is 0 Å². The fourth-order valence-corrected chi connectivity index (χ4v) is 3.48. The molecule has 8 nitrogen and oxygen atoms in total. The number of nitrogens with zero attached hydrogens (tertiary/aromatic N) is 5. The number of aromatic nitrogens is 2. The molecule has 0 saturated carbocycles. The van der Waals surface area contributed by atoms with Crippen LogP contribution >= 0.6 is 0 Å². The second-order valence-electron chi connectivity index (χ2n) is 7.05. The molecule has 3 heterocycles. The molecule has 1 saturated heterocycles. The van der Waals surface area contributed by atoms with Crippen LogP contribution in [0, 0.1) is 6.92 Å². The first-order valence-corrected chi connectivity index (χ1v) is 9.72. The Balaban J connectivity index is 1.67. The van der Waals surface area contributed by atoms with Gasteiger partial charge in [0.05, 0.1) is 6.54 Å². The Labute approximate surface area is 164 Å². The van der Waals surface area contributed by atoms with E-state index in [1.165, 1.54) is 10.6 Å². The number of rotatable bonds is 5. The van der Waals surface area contributed by atoms with E-state index in [-0.39, 0.29) is 22.9 Å². The van der Waals surface area contributed by atoms with Crippen molar-refractivity contribution in [3.63, 3.8) is 0 Å². The van der Waals surface area contributed by atoms with Gasteiger partial charge in [-0.2, -0.15) is 0 Å². The number of fused-ring (bicyclic) bond motifs is 1. The van der Waals surface area contributed by atoms with Gasteiger partial charge < -0.3 is 9.80 Å². The highest BCUT2D eigenvalue weighted by atomic mass is 16.2. The topological polar surface area (TPSA) is 78.2 Å². The summed E-state index contributed by atoms with van der Waals surface area (Å²) < 4.78 is 1.42. The maximum absolute atomic E-state index is 12.9. The number of piperazine rings is 1. The Morgan fingerprint density at radius 1 is 1.11 bits per heavy atom. The highest BCUT2D eigenvalue weighted by Gasteiger charge is 2.26. The van der Waals surface area contributed by atoms with Gasteiger partial charge in [-0.15, -0.1) is 0 Å². The van der Waals surface area contributed by atoms with Crippen LogP contribution < -0.4 is 5.56 Å². The Bertz CT molecular complexity index is 927. The van der Waals surface area contributed by atoms with Crippen LogP contribution in [0.15, 0.2) is 29.3 Å². The molecule has 0 aromatic carbocycles. The van der Waals surface area contributed by atoms with Crippen LogP contribution in [0.3, 0.4) is 0 Å². The monoisotopic (exact) mass is 385 g/mol. The quantitative estimate of drug-likeness (QED) is 0.754. The number of pyridine rings is 1. The van der Waals surface area contributed by atoms with Crippen molar-refractivity contribution in [2.75, 3.05) is 45.8 Å². The summed E-state index contributed by atoms with van der Waals surface area (Å²) in [6, 6.07) is 3.64. The molecule has 1 aliphatic rings. The minimum atomic E-state index is -0.349. The summed E-state index contributed by atoms with van der Waals surface area (Å²) >= 11 is 0. The van der Waals surface area contributed by atoms with Gasteiger partial charge in [-0.3, -0.25) is 23.7 Å². The predicted octanol–water partition coefficient (Wildman–Crippen LogP) is 0.629. The molecule has 3 rings (SSSR count). The molecule has 0 N–H and O–H groups in total. The molecular weight excluding hydrogens is 358 g/mol. The average Bonchev–Trinajstić information content (AvgIpc) is 2.70. The molecule has 0 aliphatic carbocycles. The zero-order chi connectivity index (χ0) is 20.3. The highest BCUT2D eigenvalue weighted by Crippen LogP contribution is 2.08. The molecule has 1 aliphatic heterocycles. The van der Waals surface area contributed by atoms with Gasteiger partial charge in [0.15, 0.2) is 0 Å². The fourth-order valence-electron chi connectivity index (χ4n) is 3.48. The van der Waals surface area contributed by atoms with E-state index in [2.05, 4.69) is 9.88 Å². The third kappa shape index (κ3) is 4.06. The third-order valence-electron chi connectivity index (χ3n) is 5.21. The van der Waals surface area contributed by atoms with Gasteiger partial charge >= 0.3 is 0 Å². The lowest BCUT2D eigenvalue weighted by molar-refractivity contribution is -0.132. The van der Waals surface area contributed by atoms with Gasteiger partial charge in [0.25, 0.3) is 11.5 Å². The van der Waals surface area contributed by atoms with Gasteiger partial charge in [-0.25, -0.2) is 4.98 Å². The number of carbonyl (C=O) groups excluding carboxylic acids is 2. The first kappa shape index (κ1) is 20.0. The summed E-state index contributed by atoms with van der Waals surface area (Å²) in [5, 5.41) is 0. The van der Waals surface area contributed by atoms with E-state index in [9.17, 15) is 14.4 Å².